The Kier molecular flexibility index (Phi) is 6.25. The van der Waals surface area contributed by atoms with Gasteiger partial charge in [-0.3, -0.25) is 5.43 Å². The predicted molar refractivity (Wildman–Crippen MR) is 78.4 cm³/mol. The van der Waals surface area contributed by atoms with Gasteiger partial charge in [0, 0.05) is 11.4 Å². The number of nitrogens with one attached hydrogen (secondary N) is 2. The molecular formula is C13H19N3S. The number of unbranched alkanes of at least 4 members (excludes halogenated alkanes) is 1. The van der Waals surface area contributed by atoms with Gasteiger partial charge >= 0.3 is 0 Å². The molecule has 0 bridgehead atoms. The molecule has 0 heterocycles. The minimum absolute atomic E-state index is 0.520. The third kappa shape index (κ3) is 6.02. The number of benzene rings is 1. The largest absolute Gasteiger partial charge is 0.331 e. The highest BCUT2D eigenvalue weighted by molar-refractivity contribution is 7.80. The van der Waals surface area contributed by atoms with Gasteiger partial charge in [-0.2, -0.15) is 5.10 Å². The highest BCUT2D eigenvalue weighted by atomic mass is 32.1. The summed E-state index contributed by atoms with van der Waals surface area (Å²) in [5, 5.41) is 7.81. The molecule has 3 nitrogen and oxygen atoms in total. The van der Waals surface area contributed by atoms with E-state index in [9.17, 15) is 0 Å². The maximum absolute atomic E-state index is 5.14. The van der Waals surface area contributed by atoms with Gasteiger partial charge in [0.25, 0.3) is 0 Å². The van der Waals surface area contributed by atoms with Crippen molar-refractivity contribution in [2.45, 2.75) is 33.1 Å². The summed E-state index contributed by atoms with van der Waals surface area (Å²) in [6.07, 6.45) is 3.35. The van der Waals surface area contributed by atoms with Crippen LogP contribution in [0.2, 0.25) is 0 Å². The Labute approximate surface area is 108 Å². The van der Waals surface area contributed by atoms with Crippen LogP contribution in [0.15, 0.2) is 35.4 Å². The number of rotatable bonds is 5. The standard InChI is InChI=1S/C13H19N3S/c1-3-4-8-11(2)15-16-13(17)14-12-9-6-5-7-10-12/h5-7,9-10H,3-4,8H2,1-2H3,(H2,14,16,17). The lowest BCUT2D eigenvalue weighted by Gasteiger charge is -2.07. The molecule has 0 aliphatic carbocycles. The Morgan fingerprint density at radius 3 is 2.65 bits per heavy atom. The van der Waals surface area contributed by atoms with Crippen LogP contribution >= 0.6 is 12.2 Å². The number of hydrazone groups is 1. The van der Waals surface area contributed by atoms with E-state index in [4.69, 9.17) is 12.2 Å². The number of anilines is 1. The van der Waals surface area contributed by atoms with Crippen molar-refractivity contribution in [3.63, 3.8) is 0 Å². The van der Waals surface area contributed by atoms with Crippen molar-refractivity contribution < 1.29 is 0 Å². The molecule has 1 aromatic carbocycles. The normalized spacial score (nSPS) is 11.1. The molecule has 0 aliphatic rings. The Bertz CT molecular complexity index is 374. The number of thiocarbonyl (C=S) groups is 1. The highest BCUT2D eigenvalue weighted by Crippen LogP contribution is 2.04. The zero-order valence-corrected chi connectivity index (χ0v) is 11.2. The van der Waals surface area contributed by atoms with Gasteiger partial charge < -0.3 is 5.32 Å². The van der Waals surface area contributed by atoms with Crippen molar-refractivity contribution in [3.05, 3.63) is 30.3 Å². The minimum Gasteiger partial charge on any atom is -0.331 e. The molecular weight excluding hydrogens is 230 g/mol. The lowest BCUT2D eigenvalue weighted by molar-refractivity contribution is 0.825. The van der Waals surface area contributed by atoms with Crippen molar-refractivity contribution in [2.75, 3.05) is 5.32 Å². The smallest absolute Gasteiger partial charge is 0.191 e. The molecule has 0 fully saturated rings. The van der Waals surface area contributed by atoms with E-state index >= 15 is 0 Å². The summed E-state index contributed by atoms with van der Waals surface area (Å²) in [6.45, 7) is 4.18. The maximum atomic E-state index is 5.14. The molecule has 2 N–H and O–H groups in total. The predicted octanol–water partition coefficient (Wildman–Crippen LogP) is 3.54. The van der Waals surface area contributed by atoms with Crippen LogP contribution in [0, 0.1) is 0 Å². The van der Waals surface area contributed by atoms with E-state index in [1.54, 1.807) is 0 Å². The van der Waals surface area contributed by atoms with Gasteiger partial charge in [-0.05, 0) is 44.1 Å². The molecule has 0 atom stereocenters. The van der Waals surface area contributed by atoms with Crippen molar-refractivity contribution in [3.8, 4) is 0 Å². The topological polar surface area (TPSA) is 36.4 Å². The van der Waals surface area contributed by atoms with E-state index in [0.717, 1.165) is 24.2 Å². The van der Waals surface area contributed by atoms with Gasteiger partial charge in [-0.25, -0.2) is 0 Å². The van der Waals surface area contributed by atoms with Crippen LogP contribution in [0.1, 0.15) is 33.1 Å². The average molecular weight is 249 g/mol. The van der Waals surface area contributed by atoms with Gasteiger partial charge in [0.1, 0.15) is 0 Å². The number of hydrogen-bond donors (Lipinski definition) is 2. The third-order valence-electron chi connectivity index (χ3n) is 2.27. The van der Waals surface area contributed by atoms with Crippen molar-refractivity contribution in [1.82, 2.24) is 5.43 Å². The molecule has 0 spiro atoms. The van der Waals surface area contributed by atoms with E-state index in [1.165, 1.54) is 6.42 Å². The zero-order chi connectivity index (χ0) is 12.5. The quantitative estimate of drug-likeness (QED) is 0.476. The van der Waals surface area contributed by atoms with E-state index < -0.39 is 0 Å². The Balaban J connectivity index is 2.35. The summed E-state index contributed by atoms with van der Waals surface area (Å²) in [4.78, 5) is 0. The fraction of sp³-hybridized carbons (Fsp3) is 0.385. The SMILES string of the molecule is CCCCC(C)=NNC(=S)Nc1ccccc1. The van der Waals surface area contributed by atoms with Gasteiger partial charge in [-0.1, -0.05) is 31.5 Å². The molecule has 1 aromatic rings. The molecule has 0 aliphatic heterocycles. The summed E-state index contributed by atoms with van der Waals surface area (Å²) in [5.74, 6) is 0. The van der Waals surface area contributed by atoms with Gasteiger partial charge in [-0.15, -0.1) is 0 Å². The van der Waals surface area contributed by atoms with Gasteiger partial charge in [0.05, 0.1) is 0 Å². The van der Waals surface area contributed by atoms with Crippen LogP contribution < -0.4 is 10.7 Å². The zero-order valence-electron chi connectivity index (χ0n) is 10.4. The third-order valence-corrected chi connectivity index (χ3v) is 2.47. The Morgan fingerprint density at radius 1 is 1.29 bits per heavy atom. The highest BCUT2D eigenvalue weighted by Gasteiger charge is 1.95. The lowest BCUT2D eigenvalue weighted by atomic mass is 10.2. The van der Waals surface area contributed by atoms with E-state index in [1.807, 2.05) is 37.3 Å². The van der Waals surface area contributed by atoms with Crippen LogP contribution in [0.25, 0.3) is 0 Å². The summed E-state index contributed by atoms with van der Waals surface area (Å²) in [5.41, 5.74) is 4.89. The Hall–Kier alpha value is -1.42. The number of hydrogen-bond acceptors (Lipinski definition) is 2. The molecule has 0 saturated carbocycles. The summed E-state index contributed by atoms with van der Waals surface area (Å²) >= 11 is 5.14. The van der Waals surface area contributed by atoms with Crippen LogP contribution in [0.4, 0.5) is 5.69 Å². The molecule has 0 unspecified atom stereocenters. The van der Waals surface area contributed by atoms with E-state index in [2.05, 4.69) is 22.8 Å². The molecule has 0 aromatic heterocycles. The fourth-order valence-corrected chi connectivity index (χ4v) is 1.48. The molecule has 1 rings (SSSR count). The second-order valence-electron chi connectivity index (χ2n) is 3.88. The number of para-hydroxylation sites is 1. The average Bonchev–Trinajstić information content (AvgIpc) is 2.35. The molecule has 4 heteroatoms. The molecule has 17 heavy (non-hydrogen) atoms. The molecule has 0 saturated heterocycles. The first-order chi connectivity index (χ1) is 8.22. The monoisotopic (exact) mass is 249 g/mol. The van der Waals surface area contributed by atoms with Crippen molar-refractivity contribution in [2.24, 2.45) is 5.10 Å². The maximum Gasteiger partial charge on any atom is 0.191 e. The first-order valence-electron chi connectivity index (χ1n) is 5.87. The van der Waals surface area contributed by atoms with Crippen LogP contribution in [0.3, 0.4) is 0 Å². The first kappa shape index (κ1) is 13.6. The summed E-state index contributed by atoms with van der Waals surface area (Å²) in [7, 11) is 0. The molecule has 0 radical (unpaired) electrons. The lowest BCUT2D eigenvalue weighted by Crippen LogP contribution is -2.24. The van der Waals surface area contributed by atoms with Gasteiger partial charge in [0.2, 0.25) is 0 Å². The second-order valence-corrected chi connectivity index (χ2v) is 4.29. The van der Waals surface area contributed by atoms with Gasteiger partial charge in [0.15, 0.2) is 5.11 Å². The summed E-state index contributed by atoms with van der Waals surface area (Å²) in [6, 6.07) is 9.80. The summed E-state index contributed by atoms with van der Waals surface area (Å²) < 4.78 is 0. The van der Waals surface area contributed by atoms with Crippen LogP contribution in [0.5, 0.6) is 0 Å². The van der Waals surface area contributed by atoms with Crippen molar-refractivity contribution >= 4 is 28.7 Å². The van der Waals surface area contributed by atoms with Crippen molar-refractivity contribution in [1.29, 1.82) is 0 Å². The minimum atomic E-state index is 0.520. The van der Waals surface area contributed by atoms with Crippen LogP contribution in [-0.4, -0.2) is 10.8 Å². The number of nitrogens with zero attached hydrogens (tertiary/aromatic N) is 1. The second kappa shape index (κ2) is 7.79. The Morgan fingerprint density at radius 2 is 2.00 bits per heavy atom. The van der Waals surface area contributed by atoms with Crippen LogP contribution in [-0.2, 0) is 0 Å². The van der Waals surface area contributed by atoms with E-state index in [0.29, 0.717) is 5.11 Å². The van der Waals surface area contributed by atoms with E-state index in [-0.39, 0.29) is 0 Å². The first-order valence-corrected chi connectivity index (χ1v) is 6.28. The molecule has 92 valence electrons. The molecule has 0 amide bonds. The fourth-order valence-electron chi connectivity index (χ4n) is 1.32.